The summed E-state index contributed by atoms with van der Waals surface area (Å²) < 4.78 is 60.0. The third-order valence-corrected chi connectivity index (χ3v) is 6.87. The zero-order valence-corrected chi connectivity index (χ0v) is 19.9. The molecule has 190 valence electrons. The highest BCUT2D eigenvalue weighted by molar-refractivity contribution is 5.95. The minimum Gasteiger partial charge on any atom is -0.504 e. The van der Waals surface area contributed by atoms with E-state index in [0.717, 1.165) is 45.5 Å². The molecule has 1 aromatic heterocycles. The number of pyridine rings is 1. The van der Waals surface area contributed by atoms with E-state index >= 15 is 0 Å². The number of phenolic OH excluding ortho intramolecular Hbond substituents is 1. The SMILES string of the molecule is COc1ccc2c(Cc3ccc(COC(F)(F)F)cc3)c3[n+](cc2c1O)CCc1cc2c(cc1-3)OCO2. The van der Waals surface area contributed by atoms with Crippen molar-refractivity contribution in [1.29, 1.82) is 0 Å². The minimum absolute atomic E-state index is 0.0627. The van der Waals surface area contributed by atoms with Crippen molar-refractivity contribution in [3.05, 3.63) is 77.0 Å². The Balaban J connectivity index is 1.48. The Bertz CT molecular complexity index is 1520. The maximum atomic E-state index is 12.4. The molecule has 37 heavy (non-hydrogen) atoms. The van der Waals surface area contributed by atoms with Crippen LogP contribution in [-0.2, 0) is 30.7 Å². The van der Waals surface area contributed by atoms with Gasteiger partial charge in [0.2, 0.25) is 12.5 Å². The van der Waals surface area contributed by atoms with Crippen LogP contribution < -0.4 is 18.8 Å². The summed E-state index contributed by atoms with van der Waals surface area (Å²) in [6.45, 7) is 0.341. The number of rotatable bonds is 5. The van der Waals surface area contributed by atoms with E-state index in [9.17, 15) is 18.3 Å². The first-order valence-corrected chi connectivity index (χ1v) is 11.8. The van der Waals surface area contributed by atoms with Crippen molar-refractivity contribution in [3.63, 3.8) is 0 Å². The second-order valence-electron chi connectivity index (χ2n) is 9.07. The Morgan fingerprint density at radius 1 is 0.973 bits per heavy atom. The van der Waals surface area contributed by atoms with E-state index < -0.39 is 13.0 Å². The number of phenols is 1. The highest BCUT2D eigenvalue weighted by Crippen LogP contribution is 2.43. The molecule has 0 saturated heterocycles. The Labute approximate surface area is 210 Å². The van der Waals surface area contributed by atoms with Crippen LogP contribution in [0.1, 0.15) is 22.3 Å². The average molecular weight is 510 g/mol. The molecular weight excluding hydrogens is 487 g/mol. The monoisotopic (exact) mass is 510 g/mol. The summed E-state index contributed by atoms with van der Waals surface area (Å²) in [4.78, 5) is 0. The van der Waals surface area contributed by atoms with Crippen molar-refractivity contribution >= 4 is 10.8 Å². The van der Waals surface area contributed by atoms with Crippen molar-refractivity contribution in [2.24, 2.45) is 0 Å². The van der Waals surface area contributed by atoms with Crippen LogP contribution in [0.15, 0.2) is 54.7 Å². The molecule has 0 radical (unpaired) electrons. The van der Waals surface area contributed by atoms with Gasteiger partial charge in [-0.3, -0.25) is 4.74 Å². The lowest BCUT2D eigenvalue weighted by Crippen LogP contribution is -2.41. The largest absolute Gasteiger partial charge is 0.522 e. The summed E-state index contributed by atoms with van der Waals surface area (Å²) in [5, 5.41) is 12.5. The van der Waals surface area contributed by atoms with Crippen molar-refractivity contribution in [1.82, 2.24) is 0 Å². The van der Waals surface area contributed by atoms with E-state index in [1.807, 2.05) is 24.4 Å². The molecular formula is C28H23F3NO5+. The second kappa shape index (κ2) is 8.85. The summed E-state index contributed by atoms with van der Waals surface area (Å²) in [6, 6.07) is 14.6. The first-order valence-electron chi connectivity index (χ1n) is 11.8. The van der Waals surface area contributed by atoms with Gasteiger partial charge in [-0.1, -0.05) is 24.3 Å². The molecule has 0 atom stereocenters. The van der Waals surface area contributed by atoms with Gasteiger partial charge >= 0.3 is 6.36 Å². The van der Waals surface area contributed by atoms with Crippen LogP contribution in [0.3, 0.4) is 0 Å². The molecule has 9 heteroatoms. The lowest BCUT2D eigenvalue weighted by atomic mass is 9.88. The number of ether oxygens (including phenoxy) is 4. The molecule has 0 amide bonds. The Hall–Kier alpha value is -3.98. The molecule has 0 unspecified atom stereocenters. The van der Waals surface area contributed by atoms with Crippen molar-refractivity contribution < 1.29 is 41.8 Å². The fraction of sp³-hybridized carbons (Fsp3) is 0.250. The molecule has 3 heterocycles. The summed E-state index contributed by atoms with van der Waals surface area (Å²) >= 11 is 0. The van der Waals surface area contributed by atoms with Gasteiger partial charge in [0.1, 0.15) is 0 Å². The van der Waals surface area contributed by atoms with Gasteiger partial charge in [-0.2, -0.15) is 4.57 Å². The van der Waals surface area contributed by atoms with E-state index in [1.54, 1.807) is 30.3 Å². The van der Waals surface area contributed by atoms with Crippen molar-refractivity contribution in [2.45, 2.75) is 32.4 Å². The van der Waals surface area contributed by atoms with E-state index in [-0.39, 0.29) is 12.5 Å². The van der Waals surface area contributed by atoms with Gasteiger partial charge in [0, 0.05) is 23.8 Å². The van der Waals surface area contributed by atoms with Gasteiger partial charge in [0.05, 0.1) is 24.7 Å². The van der Waals surface area contributed by atoms with Crippen LogP contribution in [-0.4, -0.2) is 25.4 Å². The molecule has 3 aromatic carbocycles. The highest BCUT2D eigenvalue weighted by Gasteiger charge is 2.32. The van der Waals surface area contributed by atoms with Crippen LogP contribution in [0.4, 0.5) is 13.2 Å². The standard InChI is InChI=1S/C28H22F3NO5/c1-34-23-7-6-19-21(10-16-2-4-17(5-3-16)14-37-28(29,30)31)26-20-12-25-24(35-15-36-25)11-18(20)8-9-32(26)13-22(19)27(23)33/h2-7,11-13H,8-10,14-15H2,1H3/p+1. The number of aromatic hydroxyl groups is 1. The van der Waals surface area contributed by atoms with Gasteiger partial charge in [-0.25, -0.2) is 0 Å². The Morgan fingerprint density at radius 2 is 1.70 bits per heavy atom. The fourth-order valence-electron chi connectivity index (χ4n) is 5.12. The number of halogens is 3. The predicted octanol–water partition coefficient (Wildman–Crippen LogP) is 5.42. The first kappa shape index (κ1) is 23.4. The molecule has 6 nitrogen and oxygen atoms in total. The number of fused-ring (bicyclic) bond motifs is 5. The maximum Gasteiger partial charge on any atom is 0.522 e. The molecule has 0 spiro atoms. The predicted molar refractivity (Wildman–Crippen MR) is 128 cm³/mol. The van der Waals surface area contributed by atoms with E-state index in [2.05, 4.69) is 9.30 Å². The third-order valence-electron chi connectivity index (χ3n) is 6.87. The molecule has 1 N–H and O–H groups in total. The molecule has 0 fully saturated rings. The lowest BCUT2D eigenvalue weighted by Gasteiger charge is -2.20. The van der Waals surface area contributed by atoms with Crippen LogP contribution in [0.2, 0.25) is 0 Å². The van der Waals surface area contributed by atoms with E-state index in [4.69, 9.17) is 14.2 Å². The number of hydrogen-bond acceptors (Lipinski definition) is 5. The average Bonchev–Trinajstić information content (AvgIpc) is 3.34. The van der Waals surface area contributed by atoms with Gasteiger partial charge in [-0.15, -0.1) is 13.2 Å². The molecule has 6 rings (SSSR count). The Kier molecular flexibility index (Phi) is 5.60. The molecule has 2 aliphatic rings. The second-order valence-corrected chi connectivity index (χ2v) is 9.07. The summed E-state index contributed by atoms with van der Waals surface area (Å²) in [7, 11) is 1.51. The van der Waals surface area contributed by atoms with Gasteiger partial charge in [-0.05, 0) is 41.0 Å². The van der Waals surface area contributed by atoms with E-state index in [0.29, 0.717) is 35.4 Å². The van der Waals surface area contributed by atoms with Crippen LogP contribution in [0.25, 0.3) is 22.0 Å². The molecule has 2 aliphatic heterocycles. The first-order chi connectivity index (χ1) is 17.8. The van der Waals surface area contributed by atoms with E-state index in [1.165, 1.54) is 7.11 Å². The summed E-state index contributed by atoms with van der Waals surface area (Å²) in [6.07, 6.45) is -1.46. The van der Waals surface area contributed by atoms with Crippen molar-refractivity contribution in [3.8, 4) is 34.3 Å². The van der Waals surface area contributed by atoms with Gasteiger partial charge in [0.25, 0.3) is 0 Å². The molecule has 0 aliphatic carbocycles. The zero-order chi connectivity index (χ0) is 25.7. The quantitative estimate of drug-likeness (QED) is 0.364. The third kappa shape index (κ3) is 4.29. The lowest BCUT2D eigenvalue weighted by molar-refractivity contribution is -0.686. The summed E-state index contributed by atoms with van der Waals surface area (Å²) in [5.41, 5.74) is 5.49. The smallest absolute Gasteiger partial charge is 0.504 e. The number of aromatic nitrogens is 1. The number of alkyl halides is 3. The van der Waals surface area contributed by atoms with Gasteiger partial charge in [0.15, 0.2) is 35.7 Å². The zero-order valence-electron chi connectivity index (χ0n) is 19.9. The summed E-state index contributed by atoms with van der Waals surface area (Å²) in [5.74, 6) is 1.86. The molecule has 0 saturated carbocycles. The number of methoxy groups -OCH3 is 1. The molecule has 4 aromatic rings. The van der Waals surface area contributed by atoms with Crippen LogP contribution >= 0.6 is 0 Å². The van der Waals surface area contributed by atoms with Crippen LogP contribution in [0.5, 0.6) is 23.0 Å². The number of nitrogens with zero attached hydrogens (tertiary/aromatic N) is 1. The number of aryl methyl sites for hydroxylation is 2. The highest BCUT2D eigenvalue weighted by atomic mass is 19.4. The fourth-order valence-corrected chi connectivity index (χ4v) is 5.12. The number of hydrogen-bond donors (Lipinski definition) is 1. The van der Waals surface area contributed by atoms with Gasteiger partial charge < -0.3 is 19.3 Å². The maximum absolute atomic E-state index is 12.4. The normalized spacial score (nSPS) is 13.9. The molecule has 0 bridgehead atoms. The number of benzene rings is 3. The minimum atomic E-state index is -4.68. The van der Waals surface area contributed by atoms with Crippen molar-refractivity contribution in [2.75, 3.05) is 13.9 Å². The topological polar surface area (TPSA) is 61.0 Å². The van der Waals surface area contributed by atoms with Crippen LogP contribution in [0, 0.1) is 0 Å². The Morgan fingerprint density at radius 3 is 2.43 bits per heavy atom.